The molecule has 0 amide bonds. The Morgan fingerprint density at radius 2 is 1.86 bits per heavy atom. The molecule has 3 N–H and O–H groups in total. The number of fused-ring (bicyclic) bond motifs is 1. The van der Waals surface area contributed by atoms with Gasteiger partial charge in [0.1, 0.15) is 11.6 Å². The maximum absolute atomic E-state index is 12.9. The number of ether oxygens (including phenoxy) is 1. The van der Waals surface area contributed by atoms with Crippen LogP contribution in [0.4, 0.5) is 5.82 Å². The van der Waals surface area contributed by atoms with E-state index >= 15 is 0 Å². The Bertz CT molecular complexity index is 1130. The van der Waals surface area contributed by atoms with Gasteiger partial charge >= 0.3 is 0 Å². The molecule has 6 nitrogen and oxygen atoms in total. The smallest absolute Gasteiger partial charge is 0.214 e. The number of carbonyl (C=O) groups excluding carboxylic acids is 1. The molecule has 0 aliphatic carbocycles. The Kier molecular flexibility index (Phi) is 4.62. The Balaban J connectivity index is 1.57. The summed E-state index contributed by atoms with van der Waals surface area (Å²) in [5, 5.41) is 5.30. The molecule has 4 aromatic rings. The highest BCUT2D eigenvalue weighted by Gasteiger charge is 2.19. The first-order chi connectivity index (χ1) is 13.8. The van der Waals surface area contributed by atoms with Gasteiger partial charge in [0.05, 0.1) is 29.7 Å². The molecule has 29 heavy (non-hydrogen) atoms. The van der Waals surface area contributed by atoms with Crippen LogP contribution in [0.2, 0.25) is 0 Å². The number of para-hydroxylation sites is 1. The summed E-state index contributed by atoms with van der Waals surface area (Å²) in [5.41, 5.74) is 8.87. The fraction of sp³-hybridized carbons (Fsp3) is 0.217. The number of anilines is 1. The van der Waals surface area contributed by atoms with E-state index in [-0.39, 0.29) is 11.2 Å². The molecular formula is C23H24N4O2. The van der Waals surface area contributed by atoms with Gasteiger partial charge in [-0.15, -0.1) is 0 Å². The van der Waals surface area contributed by atoms with E-state index in [1.165, 1.54) is 6.20 Å². The number of hydrogen-bond donors (Lipinski definition) is 2. The number of ketones is 1. The Labute approximate surface area is 169 Å². The number of nitrogens with zero attached hydrogens (tertiary/aromatic N) is 2. The van der Waals surface area contributed by atoms with Gasteiger partial charge in [0.25, 0.3) is 0 Å². The average molecular weight is 388 g/mol. The molecule has 0 fully saturated rings. The number of nitrogen functional groups attached to an aromatic ring is 1. The van der Waals surface area contributed by atoms with E-state index in [0.717, 1.165) is 22.3 Å². The third-order valence-corrected chi connectivity index (χ3v) is 4.58. The third kappa shape index (κ3) is 3.87. The van der Waals surface area contributed by atoms with Crippen molar-refractivity contribution >= 4 is 22.5 Å². The number of H-pyrrole nitrogens is 1. The van der Waals surface area contributed by atoms with Crippen molar-refractivity contribution in [2.45, 2.75) is 20.8 Å². The number of hydrogen-bond acceptors (Lipinski definition) is 4. The fourth-order valence-corrected chi connectivity index (χ4v) is 3.06. The molecule has 4 rings (SSSR count). The molecule has 2 aromatic heterocycles. The van der Waals surface area contributed by atoms with E-state index in [1.807, 2.05) is 54.6 Å². The van der Waals surface area contributed by atoms with E-state index in [1.54, 1.807) is 4.68 Å². The van der Waals surface area contributed by atoms with Crippen LogP contribution >= 0.6 is 0 Å². The lowest BCUT2D eigenvalue weighted by atomic mass is 9.99. The second-order valence-corrected chi connectivity index (χ2v) is 8.30. The van der Waals surface area contributed by atoms with Crippen molar-refractivity contribution < 1.29 is 9.53 Å². The molecule has 0 saturated heterocycles. The first kappa shape index (κ1) is 18.8. The zero-order valence-corrected chi connectivity index (χ0v) is 16.8. The van der Waals surface area contributed by atoms with Gasteiger partial charge in [-0.3, -0.25) is 4.79 Å². The van der Waals surface area contributed by atoms with Crippen molar-refractivity contribution in [1.82, 2.24) is 14.8 Å². The molecule has 0 aliphatic heterocycles. The van der Waals surface area contributed by atoms with Crippen molar-refractivity contribution in [1.29, 1.82) is 0 Å². The molecule has 0 aliphatic rings. The number of benzene rings is 2. The van der Waals surface area contributed by atoms with Crippen LogP contribution in [0.1, 0.15) is 36.8 Å². The second kappa shape index (κ2) is 7.13. The molecule has 2 heterocycles. The highest BCUT2D eigenvalue weighted by atomic mass is 16.5. The summed E-state index contributed by atoms with van der Waals surface area (Å²) < 4.78 is 7.36. The Morgan fingerprint density at radius 3 is 2.55 bits per heavy atom. The lowest BCUT2D eigenvalue weighted by Gasteiger charge is -2.18. The first-order valence-corrected chi connectivity index (χ1v) is 9.51. The topological polar surface area (TPSA) is 85.9 Å². The molecule has 148 valence electrons. The van der Waals surface area contributed by atoms with Crippen LogP contribution in [0.5, 0.6) is 5.75 Å². The van der Waals surface area contributed by atoms with E-state index in [4.69, 9.17) is 10.5 Å². The maximum Gasteiger partial charge on any atom is 0.214 e. The minimum Gasteiger partial charge on any atom is -0.493 e. The number of rotatable bonds is 5. The van der Waals surface area contributed by atoms with E-state index < -0.39 is 0 Å². The first-order valence-electron chi connectivity index (χ1n) is 9.51. The zero-order chi connectivity index (χ0) is 20.6. The van der Waals surface area contributed by atoms with Gasteiger partial charge in [0.15, 0.2) is 0 Å². The standard InChI is InChI=1S/C23H24N4O2/c1-23(2,3)14-29-17-10-8-16(9-11-17)27-22(24)18(13-25-27)21(28)20-12-15-6-4-5-7-19(15)26-20/h4-13,26H,14,24H2,1-3H3. The number of nitrogens with one attached hydrogen (secondary N) is 1. The Hall–Kier alpha value is -3.54. The molecule has 0 saturated carbocycles. The SMILES string of the molecule is CC(C)(C)COc1ccc(-n2ncc(C(=O)c3cc4ccccc4[nH]3)c2N)cc1. The number of nitrogens with two attached hydrogens (primary N) is 1. The summed E-state index contributed by atoms with van der Waals surface area (Å²) in [7, 11) is 0. The van der Waals surface area contributed by atoms with Gasteiger partial charge in [-0.2, -0.15) is 5.10 Å². The lowest BCUT2D eigenvalue weighted by molar-refractivity contribution is 0.103. The minimum absolute atomic E-state index is 0.0863. The van der Waals surface area contributed by atoms with Crippen LogP contribution in [-0.2, 0) is 0 Å². The normalized spacial score (nSPS) is 11.7. The lowest BCUT2D eigenvalue weighted by Crippen LogP contribution is -2.16. The summed E-state index contributed by atoms with van der Waals surface area (Å²) in [6.07, 6.45) is 1.51. The zero-order valence-electron chi connectivity index (χ0n) is 16.8. The van der Waals surface area contributed by atoms with Gasteiger partial charge < -0.3 is 15.5 Å². The highest BCUT2D eigenvalue weighted by Crippen LogP contribution is 2.24. The Morgan fingerprint density at radius 1 is 1.14 bits per heavy atom. The van der Waals surface area contributed by atoms with Crippen LogP contribution < -0.4 is 10.5 Å². The molecule has 0 spiro atoms. The monoisotopic (exact) mass is 388 g/mol. The van der Waals surface area contributed by atoms with Crippen LogP contribution in [0.25, 0.3) is 16.6 Å². The summed E-state index contributed by atoms with van der Waals surface area (Å²) in [5.74, 6) is 0.899. The van der Waals surface area contributed by atoms with Crippen molar-refractivity contribution in [2.75, 3.05) is 12.3 Å². The molecular weight excluding hydrogens is 364 g/mol. The van der Waals surface area contributed by atoms with Crippen LogP contribution in [0.3, 0.4) is 0 Å². The van der Waals surface area contributed by atoms with E-state index in [2.05, 4.69) is 30.9 Å². The van der Waals surface area contributed by atoms with Crippen LogP contribution in [-0.4, -0.2) is 27.2 Å². The highest BCUT2D eigenvalue weighted by molar-refractivity contribution is 6.12. The van der Waals surface area contributed by atoms with Crippen LogP contribution in [0, 0.1) is 5.41 Å². The van der Waals surface area contributed by atoms with Gasteiger partial charge in [-0.1, -0.05) is 39.0 Å². The van der Waals surface area contributed by atoms with E-state index in [9.17, 15) is 4.79 Å². The van der Waals surface area contributed by atoms with Crippen LogP contribution in [0.15, 0.2) is 60.8 Å². The summed E-state index contributed by atoms with van der Waals surface area (Å²) in [4.78, 5) is 16.1. The molecule has 6 heteroatoms. The number of aromatic nitrogens is 3. The summed E-state index contributed by atoms with van der Waals surface area (Å²) in [6.45, 7) is 6.99. The van der Waals surface area contributed by atoms with Gasteiger partial charge in [-0.25, -0.2) is 4.68 Å². The van der Waals surface area contributed by atoms with Gasteiger partial charge in [-0.05, 0) is 41.8 Å². The minimum atomic E-state index is -0.185. The predicted molar refractivity (Wildman–Crippen MR) is 115 cm³/mol. The second-order valence-electron chi connectivity index (χ2n) is 8.30. The van der Waals surface area contributed by atoms with Gasteiger partial charge in [0.2, 0.25) is 5.78 Å². The molecule has 0 bridgehead atoms. The molecule has 0 atom stereocenters. The maximum atomic E-state index is 12.9. The third-order valence-electron chi connectivity index (χ3n) is 4.58. The average Bonchev–Trinajstić information content (AvgIpc) is 3.29. The molecule has 0 unspecified atom stereocenters. The molecule has 2 aromatic carbocycles. The number of aromatic amines is 1. The largest absolute Gasteiger partial charge is 0.493 e. The fourth-order valence-electron chi connectivity index (χ4n) is 3.06. The van der Waals surface area contributed by atoms with Crippen molar-refractivity contribution in [3.8, 4) is 11.4 Å². The summed E-state index contributed by atoms with van der Waals surface area (Å²) in [6, 6.07) is 17.1. The van der Waals surface area contributed by atoms with Gasteiger partial charge in [0, 0.05) is 10.9 Å². The van der Waals surface area contributed by atoms with Crippen molar-refractivity contribution in [2.24, 2.45) is 5.41 Å². The van der Waals surface area contributed by atoms with E-state index in [0.29, 0.717) is 23.7 Å². The quantitative estimate of drug-likeness (QED) is 0.490. The molecule has 0 radical (unpaired) electrons. The van der Waals surface area contributed by atoms with Crippen molar-refractivity contribution in [3.05, 3.63) is 72.1 Å². The predicted octanol–water partition coefficient (Wildman–Crippen LogP) is 4.59. The van der Waals surface area contributed by atoms with Crippen molar-refractivity contribution in [3.63, 3.8) is 0 Å². The summed E-state index contributed by atoms with van der Waals surface area (Å²) >= 11 is 0. The number of carbonyl (C=O) groups is 1.